The predicted octanol–water partition coefficient (Wildman–Crippen LogP) is 3.34. The standard InChI is InChI=1S/C28H32FN5O4/c1-38-20-12-17-2-3-25(37)31-26(17)23(14-20)33-10-8-32(9-11-33)18-4-6-34(7-5-18)28-24(36)15-22(29)21-13-19(35)16-30-27(21)28/h2-3,12-16,18,25,31,35-37H,4-11H2,1H3. The second kappa shape index (κ2) is 9.85. The van der Waals surface area contributed by atoms with Crippen LogP contribution in [0.5, 0.6) is 17.2 Å². The van der Waals surface area contributed by atoms with Crippen LogP contribution in [-0.4, -0.2) is 83.9 Å². The summed E-state index contributed by atoms with van der Waals surface area (Å²) >= 11 is 0. The molecule has 2 aromatic carbocycles. The van der Waals surface area contributed by atoms with Crippen molar-refractivity contribution in [2.24, 2.45) is 0 Å². The lowest BCUT2D eigenvalue weighted by Crippen LogP contribution is -2.53. The highest BCUT2D eigenvalue weighted by atomic mass is 19.1. The minimum Gasteiger partial charge on any atom is -0.506 e. The highest BCUT2D eigenvalue weighted by Crippen LogP contribution is 2.40. The minimum atomic E-state index is -0.709. The van der Waals surface area contributed by atoms with Gasteiger partial charge < -0.3 is 35.2 Å². The Hall–Kier alpha value is -3.76. The number of nitrogens with zero attached hydrogens (tertiary/aromatic N) is 4. The summed E-state index contributed by atoms with van der Waals surface area (Å²) in [6, 6.07) is 6.86. The number of anilines is 3. The zero-order valence-corrected chi connectivity index (χ0v) is 21.3. The number of benzene rings is 2. The van der Waals surface area contributed by atoms with Gasteiger partial charge in [-0.15, -0.1) is 0 Å². The number of nitrogens with one attached hydrogen (secondary N) is 1. The molecule has 0 aliphatic carbocycles. The highest BCUT2D eigenvalue weighted by Gasteiger charge is 2.31. The van der Waals surface area contributed by atoms with Gasteiger partial charge in [0.2, 0.25) is 0 Å². The van der Waals surface area contributed by atoms with Crippen LogP contribution < -0.4 is 19.9 Å². The van der Waals surface area contributed by atoms with E-state index in [1.54, 1.807) is 13.2 Å². The molecular formula is C28H32FN5O4. The Kier molecular flexibility index (Phi) is 6.37. The molecule has 0 radical (unpaired) electrons. The largest absolute Gasteiger partial charge is 0.506 e. The summed E-state index contributed by atoms with van der Waals surface area (Å²) < 4.78 is 19.9. The maximum Gasteiger partial charge on any atom is 0.144 e. The number of aliphatic hydroxyl groups excluding tert-OH is 1. The van der Waals surface area contributed by atoms with E-state index in [-0.39, 0.29) is 16.9 Å². The molecule has 1 unspecified atom stereocenters. The first-order valence-corrected chi connectivity index (χ1v) is 13.0. The van der Waals surface area contributed by atoms with Crippen LogP contribution in [-0.2, 0) is 0 Å². The maximum atomic E-state index is 14.4. The van der Waals surface area contributed by atoms with Gasteiger partial charge in [0.1, 0.15) is 40.5 Å². The van der Waals surface area contributed by atoms with Gasteiger partial charge in [0, 0.05) is 68.4 Å². The molecule has 6 rings (SSSR count). The zero-order chi connectivity index (χ0) is 26.4. The lowest BCUT2D eigenvalue weighted by Gasteiger charge is -2.44. The van der Waals surface area contributed by atoms with E-state index in [0.29, 0.717) is 17.2 Å². The number of aromatic hydroxyl groups is 2. The number of fused-ring (bicyclic) bond motifs is 2. The molecule has 2 fully saturated rings. The second-order valence-corrected chi connectivity index (χ2v) is 10.1. The molecule has 38 heavy (non-hydrogen) atoms. The van der Waals surface area contributed by atoms with Crippen LogP contribution >= 0.6 is 0 Å². The Morgan fingerprint density at radius 2 is 1.76 bits per heavy atom. The molecule has 9 nitrogen and oxygen atoms in total. The lowest BCUT2D eigenvalue weighted by molar-refractivity contribution is 0.160. The summed E-state index contributed by atoms with van der Waals surface area (Å²) in [6.45, 7) is 5.00. The van der Waals surface area contributed by atoms with Crippen molar-refractivity contribution < 1.29 is 24.4 Å². The van der Waals surface area contributed by atoms with Crippen LogP contribution in [0.25, 0.3) is 17.0 Å². The van der Waals surface area contributed by atoms with Crippen molar-refractivity contribution in [2.45, 2.75) is 25.1 Å². The number of aromatic nitrogens is 1. The number of hydrogen-bond acceptors (Lipinski definition) is 9. The molecule has 0 bridgehead atoms. The van der Waals surface area contributed by atoms with Gasteiger partial charge in [0.25, 0.3) is 0 Å². The molecule has 200 valence electrons. The summed E-state index contributed by atoms with van der Waals surface area (Å²) in [7, 11) is 1.67. The molecule has 3 aliphatic heterocycles. The summed E-state index contributed by atoms with van der Waals surface area (Å²) in [5, 5.41) is 33.8. The van der Waals surface area contributed by atoms with Crippen LogP contribution in [0.15, 0.2) is 36.5 Å². The molecule has 3 aromatic rings. The summed E-state index contributed by atoms with van der Waals surface area (Å²) in [6.07, 6.45) is 6.06. The Morgan fingerprint density at radius 3 is 2.50 bits per heavy atom. The first-order chi connectivity index (χ1) is 18.4. The molecule has 4 N–H and O–H groups in total. The van der Waals surface area contributed by atoms with Gasteiger partial charge in [-0.25, -0.2) is 9.37 Å². The molecule has 0 saturated carbocycles. The second-order valence-electron chi connectivity index (χ2n) is 10.1. The van der Waals surface area contributed by atoms with Crippen LogP contribution in [0, 0.1) is 5.82 Å². The Balaban J connectivity index is 1.13. The van der Waals surface area contributed by atoms with Crippen molar-refractivity contribution in [3.05, 3.63) is 47.9 Å². The van der Waals surface area contributed by atoms with Crippen molar-refractivity contribution in [2.75, 3.05) is 61.5 Å². The van der Waals surface area contributed by atoms with Crippen LogP contribution in [0.4, 0.5) is 21.5 Å². The van der Waals surface area contributed by atoms with Gasteiger partial charge in [-0.3, -0.25) is 4.90 Å². The van der Waals surface area contributed by atoms with E-state index in [2.05, 4.69) is 25.0 Å². The Bertz CT molecular complexity index is 1380. The fourth-order valence-electron chi connectivity index (χ4n) is 5.97. The fraction of sp³-hybridized carbons (Fsp3) is 0.393. The van der Waals surface area contributed by atoms with Gasteiger partial charge in [-0.2, -0.15) is 0 Å². The summed E-state index contributed by atoms with van der Waals surface area (Å²) in [5.74, 6) is -0.0488. The van der Waals surface area contributed by atoms with Gasteiger partial charge in [-0.05, 0) is 31.1 Å². The SMILES string of the molecule is COc1cc2c(c(N3CCN(C4CCN(c5c(O)cc(F)c6cc(O)cnc56)CC4)CC3)c1)NC(O)C=C2. The smallest absolute Gasteiger partial charge is 0.144 e. The average Bonchev–Trinajstić information content (AvgIpc) is 2.93. The average molecular weight is 522 g/mol. The third-order valence-electron chi connectivity index (χ3n) is 7.92. The number of phenolic OH excluding ortho intramolecular Hbond substituents is 1. The highest BCUT2D eigenvalue weighted by molar-refractivity contribution is 5.95. The first-order valence-electron chi connectivity index (χ1n) is 13.0. The monoisotopic (exact) mass is 521 g/mol. The molecule has 3 aliphatic rings. The van der Waals surface area contributed by atoms with Crippen LogP contribution in [0.1, 0.15) is 18.4 Å². The lowest BCUT2D eigenvalue weighted by atomic mass is 10.00. The van der Waals surface area contributed by atoms with Crippen molar-refractivity contribution >= 4 is 34.0 Å². The minimum absolute atomic E-state index is 0.108. The number of halogens is 1. The van der Waals surface area contributed by atoms with Crippen LogP contribution in [0.3, 0.4) is 0 Å². The van der Waals surface area contributed by atoms with Crippen molar-refractivity contribution in [1.82, 2.24) is 9.88 Å². The van der Waals surface area contributed by atoms with Gasteiger partial charge in [0.15, 0.2) is 0 Å². The molecule has 10 heteroatoms. The van der Waals surface area contributed by atoms with Gasteiger partial charge in [-0.1, -0.05) is 6.08 Å². The van der Waals surface area contributed by atoms with E-state index >= 15 is 0 Å². The van der Waals surface area contributed by atoms with Crippen molar-refractivity contribution in [3.8, 4) is 17.2 Å². The van der Waals surface area contributed by atoms with Gasteiger partial charge in [0.05, 0.1) is 24.7 Å². The molecule has 1 aromatic heterocycles. The van der Waals surface area contributed by atoms with E-state index in [1.165, 1.54) is 12.3 Å². The number of methoxy groups -OCH3 is 1. The first kappa shape index (κ1) is 24.6. The third kappa shape index (κ3) is 4.43. The number of piperazine rings is 1. The molecule has 0 spiro atoms. The number of hydrogen-bond donors (Lipinski definition) is 4. The zero-order valence-electron chi connectivity index (χ0n) is 21.3. The Morgan fingerprint density at radius 1 is 1.00 bits per heavy atom. The molecule has 0 amide bonds. The van der Waals surface area contributed by atoms with Crippen molar-refractivity contribution in [3.63, 3.8) is 0 Å². The van der Waals surface area contributed by atoms with Crippen LogP contribution in [0.2, 0.25) is 0 Å². The van der Waals surface area contributed by atoms with E-state index in [9.17, 15) is 19.7 Å². The topological polar surface area (TPSA) is 105 Å². The van der Waals surface area contributed by atoms with E-state index < -0.39 is 12.0 Å². The molecule has 2 saturated heterocycles. The summed E-state index contributed by atoms with van der Waals surface area (Å²) in [4.78, 5) is 11.2. The van der Waals surface area contributed by atoms with Gasteiger partial charge >= 0.3 is 0 Å². The van der Waals surface area contributed by atoms with E-state index in [4.69, 9.17) is 4.74 Å². The van der Waals surface area contributed by atoms with Crippen molar-refractivity contribution in [1.29, 1.82) is 0 Å². The number of piperidine rings is 1. The molecular weight excluding hydrogens is 489 g/mol. The summed E-state index contributed by atoms with van der Waals surface area (Å²) in [5.41, 5.74) is 3.85. The predicted molar refractivity (Wildman–Crippen MR) is 146 cm³/mol. The number of ether oxygens (including phenoxy) is 1. The van der Waals surface area contributed by atoms with E-state index in [0.717, 1.165) is 80.9 Å². The number of pyridine rings is 1. The Labute approximate surface area is 220 Å². The third-order valence-corrected chi connectivity index (χ3v) is 7.92. The number of aliphatic hydroxyl groups is 1. The maximum absolute atomic E-state index is 14.4. The number of rotatable bonds is 4. The quantitative estimate of drug-likeness (QED) is 0.412. The van der Waals surface area contributed by atoms with E-state index in [1.807, 2.05) is 18.2 Å². The fourth-order valence-corrected chi connectivity index (χ4v) is 5.97. The molecule has 4 heterocycles. The number of phenols is 1. The normalized spacial score (nSPS) is 20.4. The molecule has 1 atom stereocenters.